The van der Waals surface area contributed by atoms with E-state index in [0.29, 0.717) is 25.2 Å². The maximum absolute atomic E-state index is 15.1. The Hall–Kier alpha value is -3.66. The van der Waals surface area contributed by atoms with Gasteiger partial charge in [0.05, 0.1) is 5.30 Å². The lowest BCUT2D eigenvalue weighted by Crippen LogP contribution is -2.51. The van der Waals surface area contributed by atoms with Crippen molar-refractivity contribution in [1.82, 2.24) is 4.67 Å². The number of fused-ring (bicyclic) bond motifs is 3. The number of hydrogen-bond donors (Lipinski definition) is 0. The van der Waals surface area contributed by atoms with Crippen molar-refractivity contribution in [3.8, 4) is 0 Å². The predicted molar refractivity (Wildman–Crippen MR) is 146 cm³/mol. The Kier molecular flexibility index (Phi) is 5.96. The van der Waals surface area contributed by atoms with E-state index < -0.39 is 7.44 Å². The summed E-state index contributed by atoms with van der Waals surface area (Å²) >= 11 is 0. The van der Waals surface area contributed by atoms with Crippen molar-refractivity contribution in [2.75, 3.05) is 22.7 Å². The van der Waals surface area contributed by atoms with Gasteiger partial charge in [-0.25, -0.2) is 4.67 Å². The van der Waals surface area contributed by atoms with Crippen LogP contribution in [0.2, 0.25) is 0 Å². The molecular formula is C30H28N3O2P. The van der Waals surface area contributed by atoms with Gasteiger partial charge in [0, 0.05) is 42.6 Å². The molecular weight excluding hydrogens is 465 g/mol. The van der Waals surface area contributed by atoms with Crippen LogP contribution in [0, 0.1) is 0 Å². The number of para-hydroxylation sites is 2. The van der Waals surface area contributed by atoms with Crippen LogP contribution in [-0.4, -0.2) is 29.7 Å². The molecule has 0 N–H and O–H groups in total. The highest BCUT2D eigenvalue weighted by atomic mass is 31.2. The molecule has 0 saturated carbocycles. The smallest absolute Gasteiger partial charge is 0.270 e. The molecule has 6 heteroatoms. The average molecular weight is 494 g/mol. The molecule has 180 valence electrons. The normalized spacial score (nSPS) is 21.0. The zero-order chi connectivity index (χ0) is 24.5. The molecule has 2 heterocycles. The second-order valence-corrected chi connectivity index (χ2v) is 11.9. The minimum atomic E-state index is -3.07. The summed E-state index contributed by atoms with van der Waals surface area (Å²) in [5.41, 5.74) is 3.58. The summed E-state index contributed by atoms with van der Waals surface area (Å²) in [7, 11) is -3.07. The number of carbonyl (C=O) groups is 1. The summed E-state index contributed by atoms with van der Waals surface area (Å²) in [4.78, 5) is 15.6. The fourth-order valence-corrected chi connectivity index (χ4v) is 8.87. The molecule has 0 aliphatic carbocycles. The summed E-state index contributed by atoms with van der Waals surface area (Å²) < 4.78 is 19.3. The second-order valence-electron chi connectivity index (χ2n) is 9.29. The van der Waals surface area contributed by atoms with Crippen LogP contribution >= 0.6 is 7.44 Å². The second kappa shape index (κ2) is 9.42. The van der Waals surface area contributed by atoms with Crippen molar-refractivity contribution in [2.24, 2.45) is 0 Å². The first-order chi connectivity index (χ1) is 17.7. The number of rotatable bonds is 5. The van der Waals surface area contributed by atoms with Crippen molar-refractivity contribution in [1.29, 1.82) is 0 Å². The van der Waals surface area contributed by atoms with Crippen LogP contribution in [0.5, 0.6) is 0 Å². The van der Waals surface area contributed by atoms with Crippen molar-refractivity contribution >= 4 is 30.0 Å². The van der Waals surface area contributed by atoms with E-state index in [0.717, 1.165) is 28.7 Å². The Morgan fingerprint density at radius 3 is 2.14 bits per heavy atom. The molecule has 0 aromatic heterocycles. The fourth-order valence-electron chi connectivity index (χ4n) is 5.44. The molecule has 6 rings (SSSR count). The lowest BCUT2D eigenvalue weighted by Gasteiger charge is -2.46. The minimum Gasteiger partial charge on any atom is -0.307 e. The van der Waals surface area contributed by atoms with Crippen molar-refractivity contribution in [3.63, 3.8) is 0 Å². The van der Waals surface area contributed by atoms with Gasteiger partial charge in [-0.2, -0.15) is 0 Å². The first kappa shape index (κ1) is 22.8. The van der Waals surface area contributed by atoms with Crippen LogP contribution in [-0.2, 0) is 11.1 Å². The number of amides is 1. The highest BCUT2D eigenvalue weighted by Crippen LogP contribution is 2.62. The zero-order valence-corrected chi connectivity index (χ0v) is 20.9. The maximum atomic E-state index is 15.1. The van der Waals surface area contributed by atoms with Crippen LogP contribution < -0.4 is 14.9 Å². The van der Waals surface area contributed by atoms with Crippen molar-refractivity contribution < 1.29 is 9.36 Å². The molecule has 4 aromatic carbocycles. The molecule has 2 atom stereocenters. The third-order valence-electron chi connectivity index (χ3n) is 7.19. The first-order valence-corrected chi connectivity index (χ1v) is 14.0. The third kappa shape index (κ3) is 3.85. The summed E-state index contributed by atoms with van der Waals surface area (Å²) in [5.74, 6) is -0.0427. The molecule has 5 nitrogen and oxygen atoms in total. The summed E-state index contributed by atoms with van der Waals surface area (Å²) in [5, 5.41) is 0.916. The van der Waals surface area contributed by atoms with Gasteiger partial charge in [0.1, 0.15) is 0 Å². The van der Waals surface area contributed by atoms with Crippen LogP contribution in [0.4, 0.5) is 11.4 Å². The number of carbonyl (C=O) groups excluding carboxylic acids is 1. The highest BCUT2D eigenvalue weighted by Gasteiger charge is 2.51. The first-order valence-electron chi connectivity index (χ1n) is 12.4. The lowest BCUT2D eigenvalue weighted by atomic mass is 10.1. The average Bonchev–Trinajstić information content (AvgIpc) is 3.26. The largest absolute Gasteiger partial charge is 0.307 e. The molecule has 36 heavy (non-hydrogen) atoms. The van der Waals surface area contributed by atoms with Gasteiger partial charge in [-0.3, -0.25) is 9.36 Å². The van der Waals surface area contributed by atoms with Crippen molar-refractivity contribution in [3.05, 3.63) is 126 Å². The third-order valence-corrected chi connectivity index (χ3v) is 10.5. The fraction of sp³-hybridized carbons (Fsp3) is 0.167. The van der Waals surface area contributed by atoms with Gasteiger partial charge in [-0.05, 0) is 54.4 Å². The number of benzene rings is 4. The molecule has 0 spiro atoms. The topological polar surface area (TPSA) is 43.9 Å². The Morgan fingerprint density at radius 2 is 1.42 bits per heavy atom. The van der Waals surface area contributed by atoms with Crippen LogP contribution in [0.15, 0.2) is 115 Å². The molecule has 1 saturated heterocycles. The quantitative estimate of drug-likeness (QED) is 0.323. The van der Waals surface area contributed by atoms with E-state index in [-0.39, 0.29) is 11.9 Å². The van der Waals surface area contributed by atoms with E-state index in [2.05, 4.69) is 15.4 Å². The van der Waals surface area contributed by atoms with Gasteiger partial charge in [0.2, 0.25) is 0 Å². The maximum Gasteiger partial charge on any atom is 0.270 e. The van der Waals surface area contributed by atoms with Crippen LogP contribution in [0.1, 0.15) is 22.3 Å². The van der Waals surface area contributed by atoms with E-state index >= 15 is 4.57 Å². The molecule has 0 bridgehead atoms. The van der Waals surface area contributed by atoms with E-state index in [9.17, 15) is 4.79 Å². The van der Waals surface area contributed by atoms with Gasteiger partial charge in [-0.1, -0.05) is 72.8 Å². The van der Waals surface area contributed by atoms with Crippen molar-refractivity contribution in [2.45, 2.75) is 19.0 Å². The number of hydrogen-bond acceptors (Lipinski definition) is 2. The molecule has 1 unspecified atom stereocenters. The number of anilines is 2. The Labute approximate surface area is 212 Å². The van der Waals surface area contributed by atoms with E-state index in [1.54, 1.807) is 0 Å². The Bertz CT molecular complexity index is 1410. The standard InChI is InChI=1S/C30H28N3O2P/c34-30(24-12-4-1-5-13-24)31(26-15-6-2-7-16-26)23-28-20-21-32(27-17-8-3-9-18-27)36(35)29-19-11-10-14-25(29)22-33(28)36/h1-19,28H,20-23H2/t28-,36?/m0/s1. The molecule has 2 aliphatic rings. The molecule has 1 amide bonds. The SMILES string of the molecule is O=C(c1ccccc1)N(C[C@@H]1CCN(c2ccccc2)P2(=O)c3ccccc3CN12)c1ccccc1. The molecule has 0 radical (unpaired) electrons. The molecule has 2 aliphatic heterocycles. The van der Waals surface area contributed by atoms with Gasteiger partial charge in [-0.15, -0.1) is 0 Å². The monoisotopic (exact) mass is 493 g/mol. The molecule has 1 fully saturated rings. The van der Waals surface area contributed by atoms with Crippen LogP contribution in [0.25, 0.3) is 0 Å². The molecule has 4 aromatic rings. The predicted octanol–water partition coefficient (Wildman–Crippen LogP) is 5.95. The van der Waals surface area contributed by atoms with Gasteiger partial charge in [0.15, 0.2) is 0 Å². The minimum absolute atomic E-state index is 0.0427. The number of nitrogens with zero attached hydrogens (tertiary/aromatic N) is 3. The van der Waals surface area contributed by atoms with E-state index in [1.807, 2.05) is 114 Å². The Balaban J connectivity index is 1.39. The Morgan fingerprint density at radius 1 is 0.806 bits per heavy atom. The van der Waals surface area contributed by atoms with Gasteiger partial charge >= 0.3 is 0 Å². The van der Waals surface area contributed by atoms with E-state index in [1.165, 1.54) is 0 Å². The summed E-state index contributed by atoms with van der Waals surface area (Å²) in [6, 6.07) is 37.3. The zero-order valence-electron chi connectivity index (χ0n) is 20.0. The van der Waals surface area contributed by atoms with Crippen LogP contribution in [0.3, 0.4) is 0 Å². The summed E-state index contributed by atoms with van der Waals surface area (Å²) in [6.07, 6.45) is 0.804. The summed E-state index contributed by atoms with van der Waals surface area (Å²) in [6.45, 7) is 1.75. The van der Waals surface area contributed by atoms with Gasteiger partial charge < -0.3 is 9.57 Å². The van der Waals surface area contributed by atoms with E-state index in [4.69, 9.17) is 0 Å². The van der Waals surface area contributed by atoms with Gasteiger partial charge in [0.25, 0.3) is 13.4 Å². The lowest BCUT2D eigenvalue weighted by molar-refractivity contribution is 0.0979. The highest BCUT2D eigenvalue weighted by molar-refractivity contribution is 7.71.